The summed E-state index contributed by atoms with van der Waals surface area (Å²) in [7, 11) is -3.69. The van der Waals surface area contributed by atoms with Crippen molar-refractivity contribution >= 4 is 33.2 Å². The molecule has 1 fully saturated rings. The number of nitrogens with one attached hydrogen (secondary N) is 1. The van der Waals surface area contributed by atoms with Crippen molar-refractivity contribution in [3.8, 4) is 0 Å². The lowest BCUT2D eigenvalue weighted by Gasteiger charge is -2.14. The molecule has 0 bridgehead atoms. The molecule has 18 heavy (non-hydrogen) atoms. The fourth-order valence-corrected chi connectivity index (χ4v) is 3.50. The van der Waals surface area contributed by atoms with Crippen LogP contribution in [0, 0.1) is 5.41 Å². The van der Waals surface area contributed by atoms with E-state index < -0.39 is 10.0 Å². The molecule has 4 nitrogen and oxygen atoms in total. The summed E-state index contributed by atoms with van der Waals surface area (Å²) in [5.41, 5.74) is -0.294. The van der Waals surface area contributed by atoms with Crippen LogP contribution < -0.4 is 4.72 Å². The number of halogens is 2. The summed E-state index contributed by atoms with van der Waals surface area (Å²) in [5.74, 6) is 0. The van der Waals surface area contributed by atoms with E-state index in [-0.39, 0.29) is 33.5 Å². The van der Waals surface area contributed by atoms with Gasteiger partial charge in [-0.2, -0.15) is 0 Å². The van der Waals surface area contributed by atoms with Gasteiger partial charge in [-0.3, -0.25) is 0 Å². The minimum Gasteiger partial charge on any atom is -0.396 e. The number of aliphatic hydroxyl groups is 1. The maximum absolute atomic E-state index is 12.1. The topological polar surface area (TPSA) is 66.4 Å². The molecule has 2 rings (SSSR count). The first-order chi connectivity index (χ1) is 8.40. The van der Waals surface area contributed by atoms with E-state index in [2.05, 4.69) is 4.72 Å². The van der Waals surface area contributed by atoms with Crippen LogP contribution in [0.3, 0.4) is 0 Å². The summed E-state index contributed by atoms with van der Waals surface area (Å²) in [6, 6.07) is 4.45. The van der Waals surface area contributed by atoms with Crippen LogP contribution in [0.1, 0.15) is 12.8 Å². The third kappa shape index (κ3) is 2.81. The van der Waals surface area contributed by atoms with E-state index in [4.69, 9.17) is 28.3 Å². The predicted octanol–water partition coefficient (Wildman–Crippen LogP) is 2.04. The van der Waals surface area contributed by atoms with E-state index in [1.807, 2.05) is 0 Å². The second-order valence-electron chi connectivity index (χ2n) is 4.53. The summed E-state index contributed by atoms with van der Waals surface area (Å²) in [6.45, 7) is 0.202. The van der Waals surface area contributed by atoms with Gasteiger partial charge in [0.15, 0.2) is 0 Å². The molecule has 0 aliphatic heterocycles. The van der Waals surface area contributed by atoms with Crippen molar-refractivity contribution in [2.75, 3.05) is 13.2 Å². The molecule has 1 aromatic rings. The molecule has 7 heteroatoms. The van der Waals surface area contributed by atoms with Crippen LogP contribution in [0.2, 0.25) is 10.0 Å². The first kappa shape index (κ1) is 14.1. The van der Waals surface area contributed by atoms with Crippen LogP contribution in [0.5, 0.6) is 0 Å². The molecule has 2 N–H and O–H groups in total. The summed E-state index contributed by atoms with van der Waals surface area (Å²) in [6.07, 6.45) is 1.66. The molecule has 0 unspecified atom stereocenters. The summed E-state index contributed by atoms with van der Waals surface area (Å²) < 4.78 is 26.6. The molecule has 0 heterocycles. The van der Waals surface area contributed by atoms with E-state index in [0.717, 1.165) is 12.8 Å². The fourth-order valence-electron chi connectivity index (χ4n) is 1.58. The molecule has 0 atom stereocenters. The van der Waals surface area contributed by atoms with Crippen molar-refractivity contribution in [1.82, 2.24) is 4.72 Å². The highest BCUT2D eigenvalue weighted by molar-refractivity contribution is 7.89. The molecule has 0 amide bonds. The van der Waals surface area contributed by atoms with Gasteiger partial charge in [-0.25, -0.2) is 13.1 Å². The van der Waals surface area contributed by atoms with Crippen molar-refractivity contribution in [3.63, 3.8) is 0 Å². The molecular weight excluding hydrogens is 297 g/mol. The third-order valence-corrected chi connectivity index (χ3v) is 5.51. The Hall–Kier alpha value is -0.330. The quantitative estimate of drug-likeness (QED) is 0.874. The Kier molecular flexibility index (Phi) is 3.90. The zero-order chi connectivity index (χ0) is 13.4. The third-order valence-electron chi connectivity index (χ3n) is 3.14. The van der Waals surface area contributed by atoms with E-state index in [1.165, 1.54) is 18.2 Å². The lowest BCUT2D eigenvalue weighted by Crippen LogP contribution is -2.32. The van der Waals surface area contributed by atoms with Gasteiger partial charge < -0.3 is 5.11 Å². The minimum atomic E-state index is -3.69. The molecular formula is C11H13Cl2NO3S. The molecule has 0 radical (unpaired) electrons. The molecule has 1 aromatic carbocycles. The van der Waals surface area contributed by atoms with Crippen LogP contribution in [0.25, 0.3) is 0 Å². The second-order valence-corrected chi connectivity index (χ2v) is 7.06. The molecule has 100 valence electrons. The van der Waals surface area contributed by atoms with Crippen LogP contribution in [0.4, 0.5) is 0 Å². The average molecular weight is 310 g/mol. The van der Waals surface area contributed by atoms with Gasteiger partial charge in [-0.05, 0) is 25.0 Å². The predicted molar refractivity (Wildman–Crippen MR) is 70.4 cm³/mol. The minimum absolute atomic E-state index is 0.0144. The van der Waals surface area contributed by atoms with Crippen LogP contribution >= 0.6 is 23.2 Å². The van der Waals surface area contributed by atoms with Gasteiger partial charge in [0.2, 0.25) is 10.0 Å². The number of aliphatic hydroxyl groups excluding tert-OH is 1. The first-order valence-corrected chi connectivity index (χ1v) is 7.69. The second kappa shape index (κ2) is 4.98. The van der Waals surface area contributed by atoms with Gasteiger partial charge >= 0.3 is 0 Å². The Labute approximate surface area is 116 Å². The largest absolute Gasteiger partial charge is 0.396 e. The van der Waals surface area contributed by atoms with Crippen molar-refractivity contribution in [3.05, 3.63) is 28.2 Å². The van der Waals surface area contributed by atoms with E-state index in [1.54, 1.807) is 0 Å². The maximum Gasteiger partial charge on any atom is 0.242 e. The highest BCUT2D eigenvalue weighted by Crippen LogP contribution is 2.44. The Morgan fingerprint density at radius 3 is 2.56 bits per heavy atom. The maximum atomic E-state index is 12.1. The van der Waals surface area contributed by atoms with Crippen molar-refractivity contribution < 1.29 is 13.5 Å². The Bertz CT molecular complexity index is 555. The monoisotopic (exact) mass is 309 g/mol. The van der Waals surface area contributed by atoms with Gasteiger partial charge in [0, 0.05) is 18.6 Å². The summed E-state index contributed by atoms with van der Waals surface area (Å²) in [4.78, 5) is -0.0367. The van der Waals surface area contributed by atoms with Crippen molar-refractivity contribution in [2.24, 2.45) is 5.41 Å². The highest BCUT2D eigenvalue weighted by atomic mass is 35.5. The van der Waals surface area contributed by atoms with Crippen LogP contribution in [0.15, 0.2) is 23.1 Å². The number of rotatable bonds is 5. The Morgan fingerprint density at radius 1 is 1.33 bits per heavy atom. The van der Waals surface area contributed by atoms with E-state index in [9.17, 15) is 8.42 Å². The molecule has 1 aliphatic carbocycles. The van der Waals surface area contributed by atoms with Crippen LogP contribution in [-0.2, 0) is 10.0 Å². The molecule has 0 aromatic heterocycles. The SMILES string of the molecule is O=S(=O)(NCC1(CO)CC1)c1cccc(Cl)c1Cl. The molecule has 1 aliphatic rings. The summed E-state index contributed by atoms with van der Waals surface area (Å²) in [5, 5.41) is 9.35. The van der Waals surface area contributed by atoms with E-state index >= 15 is 0 Å². The Balaban J connectivity index is 2.18. The zero-order valence-electron chi connectivity index (χ0n) is 9.49. The van der Waals surface area contributed by atoms with Crippen molar-refractivity contribution in [2.45, 2.75) is 17.7 Å². The van der Waals surface area contributed by atoms with Gasteiger partial charge in [-0.15, -0.1) is 0 Å². The number of sulfonamides is 1. The zero-order valence-corrected chi connectivity index (χ0v) is 11.8. The van der Waals surface area contributed by atoms with Gasteiger partial charge in [0.25, 0.3) is 0 Å². The van der Waals surface area contributed by atoms with Gasteiger partial charge in [0.05, 0.1) is 10.0 Å². The lowest BCUT2D eigenvalue weighted by atomic mass is 10.1. The average Bonchev–Trinajstić information content (AvgIpc) is 3.11. The molecule has 0 saturated heterocycles. The first-order valence-electron chi connectivity index (χ1n) is 5.45. The summed E-state index contributed by atoms with van der Waals surface area (Å²) >= 11 is 11.7. The highest BCUT2D eigenvalue weighted by Gasteiger charge is 2.42. The van der Waals surface area contributed by atoms with Gasteiger partial charge in [-0.1, -0.05) is 29.3 Å². The van der Waals surface area contributed by atoms with E-state index in [0.29, 0.717) is 0 Å². The number of hydrogen-bond donors (Lipinski definition) is 2. The number of benzene rings is 1. The molecule has 0 spiro atoms. The Morgan fingerprint density at radius 2 is 2.00 bits per heavy atom. The molecule has 1 saturated carbocycles. The van der Waals surface area contributed by atoms with Crippen LogP contribution in [-0.4, -0.2) is 26.7 Å². The number of hydrogen-bond acceptors (Lipinski definition) is 3. The smallest absolute Gasteiger partial charge is 0.242 e. The normalized spacial score (nSPS) is 17.7. The fraction of sp³-hybridized carbons (Fsp3) is 0.455. The van der Waals surface area contributed by atoms with Crippen molar-refractivity contribution in [1.29, 1.82) is 0 Å². The van der Waals surface area contributed by atoms with Gasteiger partial charge in [0.1, 0.15) is 4.90 Å². The standard InChI is InChI=1S/C11H13Cl2NO3S/c12-8-2-1-3-9(10(8)13)18(16,17)14-6-11(7-15)4-5-11/h1-3,14-15H,4-7H2. The lowest BCUT2D eigenvalue weighted by molar-refractivity contribution is 0.213.